The number of ether oxygens (including phenoxy) is 3. The van der Waals surface area contributed by atoms with E-state index < -0.39 is 74.6 Å². The summed E-state index contributed by atoms with van der Waals surface area (Å²) < 4.78 is 15.3. The second-order valence-electron chi connectivity index (χ2n) is 5.65. The molecule has 2 rings (SSSR count). The molecule has 8 N–H and O–H groups in total. The average molecular weight is 342 g/mol. The molecule has 2 aliphatic rings. The first kappa shape index (κ1) is 18.9. The molecule has 136 valence electrons. The maximum Gasteiger partial charge on any atom is 0.221 e. The molecular formula is C12H22O11. The van der Waals surface area contributed by atoms with Crippen LogP contribution in [-0.2, 0) is 14.2 Å². The molecule has 0 spiro atoms. The lowest BCUT2D eigenvalue weighted by Crippen LogP contribution is -2.50. The van der Waals surface area contributed by atoms with Gasteiger partial charge in [0.2, 0.25) is 11.6 Å². The predicted molar refractivity (Wildman–Crippen MR) is 68.7 cm³/mol. The number of rotatable bonds is 6. The van der Waals surface area contributed by atoms with Crippen LogP contribution in [0.25, 0.3) is 0 Å². The van der Waals surface area contributed by atoms with E-state index in [0.29, 0.717) is 0 Å². The van der Waals surface area contributed by atoms with Crippen LogP contribution in [0.3, 0.4) is 0 Å². The van der Waals surface area contributed by atoms with Crippen LogP contribution in [-0.4, -0.2) is 115 Å². The fourth-order valence-electron chi connectivity index (χ4n) is 2.66. The number of hydrogen-bond acceptors (Lipinski definition) is 11. The second kappa shape index (κ2) is 6.82. The van der Waals surface area contributed by atoms with E-state index in [1.54, 1.807) is 0 Å². The van der Waals surface area contributed by atoms with Gasteiger partial charge in [0.1, 0.15) is 43.2 Å². The van der Waals surface area contributed by atoms with Crippen LogP contribution in [0.2, 0.25) is 0 Å². The Hall–Kier alpha value is -0.440. The van der Waals surface area contributed by atoms with Crippen molar-refractivity contribution in [2.75, 3.05) is 26.4 Å². The Morgan fingerprint density at radius 1 is 0.826 bits per heavy atom. The quantitative estimate of drug-likeness (QED) is 0.230. The van der Waals surface area contributed by atoms with Gasteiger partial charge in [-0.25, -0.2) is 0 Å². The van der Waals surface area contributed by atoms with Crippen LogP contribution >= 0.6 is 0 Å². The summed E-state index contributed by atoms with van der Waals surface area (Å²) in [7, 11) is 0. The van der Waals surface area contributed by atoms with Crippen molar-refractivity contribution < 1.29 is 55.1 Å². The summed E-state index contributed by atoms with van der Waals surface area (Å²) in [5.74, 6) is -4.44. The van der Waals surface area contributed by atoms with E-state index in [1.807, 2.05) is 0 Å². The second-order valence-corrected chi connectivity index (χ2v) is 5.65. The SMILES string of the molecule is OC[C@H]1O[C@@](CO)(OC[C@H]2O[C@](O)(CO)[C@@H](O)[C@@H]2O)[C@@H](O)[C@@H]1O. The van der Waals surface area contributed by atoms with Gasteiger partial charge < -0.3 is 55.1 Å². The maximum atomic E-state index is 9.94. The minimum atomic E-state index is -2.37. The third-order valence-corrected chi connectivity index (χ3v) is 4.15. The first-order chi connectivity index (χ1) is 10.7. The highest BCUT2D eigenvalue weighted by Crippen LogP contribution is 2.34. The number of hydrogen-bond donors (Lipinski definition) is 8. The van der Waals surface area contributed by atoms with Crippen molar-refractivity contribution >= 4 is 0 Å². The van der Waals surface area contributed by atoms with Gasteiger partial charge in [-0.2, -0.15) is 0 Å². The Morgan fingerprint density at radius 2 is 1.43 bits per heavy atom. The lowest BCUT2D eigenvalue weighted by molar-refractivity contribution is -0.296. The topological polar surface area (TPSA) is 190 Å². The average Bonchev–Trinajstić information content (AvgIpc) is 2.93. The van der Waals surface area contributed by atoms with Gasteiger partial charge in [-0.15, -0.1) is 0 Å². The molecule has 2 heterocycles. The number of aliphatic hydroxyl groups excluding tert-OH is 7. The molecule has 0 saturated carbocycles. The van der Waals surface area contributed by atoms with Gasteiger partial charge in [0, 0.05) is 0 Å². The van der Waals surface area contributed by atoms with E-state index in [-0.39, 0.29) is 0 Å². The van der Waals surface area contributed by atoms with E-state index in [9.17, 15) is 30.6 Å². The highest BCUT2D eigenvalue weighted by Gasteiger charge is 2.57. The van der Waals surface area contributed by atoms with E-state index >= 15 is 0 Å². The Morgan fingerprint density at radius 3 is 1.87 bits per heavy atom. The molecule has 11 heteroatoms. The van der Waals surface area contributed by atoms with Crippen molar-refractivity contribution in [3.63, 3.8) is 0 Å². The molecule has 0 aromatic heterocycles. The van der Waals surface area contributed by atoms with Gasteiger partial charge in [0.05, 0.1) is 19.8 Å². The van der Waals surface area contributed by atoms with Crippen LogP contribution < -0.4 is 0 Å². The highest BCUT2D eigenvalue weighted by atomic mass is 16.7. The van der Waals surface area contributed by atoms with Crippen molar-refractivity contribution in [3.05, 3.63) is 0 Å². The standard InChI is InChI=1S/C12H22O11/c13-1-5-7(16)10(19)12(4-15,23-5)21-2-6-8(17)9(18)11(20,3-14)22-6/h5-10,13-20H,1-4H2/t5-,6-,7-,8-,9+,10+,11-,12-/m1/s1. The molecule has 2 saturated heterocycles. The minimum absolute atomic E-state index is 0.553. The molecular weight excluding hydrogens is 320 g/mol. The van der Waals surface area contributed by atoms with Crippen molar-refractivity contribution in [2.45, 2.75) is 48.2 Å². The molecule has 8 atom stereocenters. The Balaban J connectivity index is 2.04. The lowest BCUT2D eigenvalue weighted by atomic mass is 10.0. The lowest BCUT2D eigenvalue weighted by Gasteiger charge is -2.31. The molecule has 23 heavy (non-hydrogen) atoms. The summed E-state index contributed by atoms with van der Waals surface area (Å²) in [6.45, 7) is -3.04. The highest BCUT2D eigenvalue weighted by molar-refractivity contribution is 4.99. The first-order valence-electron chi connectivity index (χ1n) is 7.01. The van der Waals surface area contributed by atoms with Gasteiger partial charge in [-0.1, -0.05) is 0 Å². The van der Waals surface area contributed by atoms with Crippen molar-refractivity contribution in [3.8, 4) is 0 Å². The van der Waals surface area contributed by atoms with Gasteiger partial charge in [-0.3, -0.25) is 0 Å². The van der Waals surface area contributed by atoms with Crippen LogP contribution in [0.15, 0.2) is 0 Å². The van der Waals surface area contributed by atoms with E-state index in [0.717, 1.165) is 0 Å². The zero-order chi connectivity index (χ0) is 17.4. The summed E-state index contributed by atoms with van der Waals surface area (Å²) in [5.41, 5.74) is 0. The molecule has 0 radical (unpaired) electrons. The Kier molecular flexibility index (Phi) is 5.60. The summed E-state index contributed by atoms with van der Waals surface area (Å²) in [6, 6.07) is 0. The minimum Gasteiger partial charge on any atom is -0.394 e. The van der Waals surface area contributed by atoms with Gasteiger partial charge in [0.15, 0.2) is 0 Å². The third kappa shape index (κ3) is 3.10. The molecule has 11 nitrogen and oxygen atoms in total. The zero-order valence-corrected chi connectivity index (χ0v) is 12.1. The van der Waals surface area contributed by atoms with Crippen molar-refractivity contribution in [1.82, 2.24) is 0 Å². The van der Waals surface area contributed by atoms with Crippen LogP contribution in [0.4, 0.5) is 0 Å². The fourth-order valence-corrected chi connectivity index (χ4v) is 2.66. The molecule has 0 aromatic carbocycles. The van der Waals surface area contributed by atoms with E-state index in [1.165, 1.54) is 0 Å². The molecule has 0 bridgehead atoms. The molecule has 0 amide bonds. The van der Waals surface area contributed by atoms with Crippen LogP contribution in [0.1, 0.15) is 0 Å². The van der Waals surface area contributed by atoms with Gasteiger partial charge in [-0.05, 0) is 0 Å². The molecule has 0 unspecified atom stereocenters. The third-order valence-electron chi connectivity index (χ3n) is 4.15. The van der Waals surface area contributed by atoms with E-state index in [2.05, 4.69) is 0 Å². The monoisotopic (exact) mass is 342 g/mol. The molecule has 0 aliphatic carbocycles. The first-order valence-corrected chi connectivity index (χ1v) is 7.01. The number of aliphatic hydroxyl groups is 8. The zero-order valence-electron chi connectivity index (χ0n) is 12.1. The normalized spacial score (nSPS) is 50.6. The molecule has 2 aliphatic heterocycles. The summed E-state index contributed by atoms with van der Waals surface area (Å²) >= 11 is 0. The van der Waals surface area contributed by atoms with Gasteiger partial charge >= 0.3 is 0 Å². The van der Waals surface area contributed by atoms with Crippen molar-refractivity contribution in [2.24, 2.45) is 0 Å². The maximum absolute atomic E-state index is 9.94. The summed E-state index contributed by atoms with van der Waals surface area (Å²) in [5, 5.41) is 76.3. The Labute approximate surface area is 130 Å². The Bertz CT molecular complexity index is 408. The molecule has 2 fully saturated rings. The van der Waals surface area contributed by atoms with E-state index in [4.69, 9.17) is 24.4 Å². The predicted octanol–water partition coefficient (Wildman–Crippen LogP) is -5.39. The van der Waals surface area contributed by atoms with Crippen LogP contribution in [0, 0.1) is 0 Å². The summed E-state index contributed by atoms with van der Waals surface area (Å²) in [4.78, 5) is 0. The van der Waals surface area contributed by atoms with Gasteiger partial charge in [0.25, 0.3) is 0 Å². The van der Waals surface area contributed by atoms with Crippen LogP contribution in [0.5, 0.6) is 0 Å². The largest absolute Gasteiger partial charge is 0.394 e. The summed E-state index contributed by atoms with van der Waals surface area (Å²) in [6.07, 6.45) is -9.10. The molecule has 0 aromatic rings. The fraction of sp³-hybridized carbons (Fsp3) is 1.00. The smallest absolute Gasteiger partial charge is 0.221 e. The van der Waals surface area contributed by atoms with Crippen molar-refractivity contribution in [1.29, 1.82) is 0 Å².